The molecule has 15 heavy (non-hydrogen) atoms. The Bertz CT molecular complexity index is 256. The van der Waals surface area contributed by atoms with Gasteiger partial charge in [0.25, 0.3) is 0 Å². The van der Waals surface area contributed by atoms with Gasteiger partial charge in [-0.1, -0.05) is 6.42 Å². The Balaban J connectivity index is 2.10. The number of piperidine rings is 1. The van der Waals surface area contributed by atoms with Gasteiger partial charge < -0.3 is 9.84 Å². The molecule has 0 saturated carbocycles. The third-order valence-electron chi connectivity index (χ3n) is 3.57. The van der Waals surface area contributed by atoms with E-state index in [9.17, 15) is 9.90 Å². The first-order valence-corrected chi connectivity index (χ1v) is 5.82. The van der Waals surface area contributed by atoms with Crippen LogP contribution in [0.3, 0.4) is 0 Å². The fraction of sp³-hybridized carbons (Fsp3) is 0.909. The van der Waals surface area contributed by atoms with Gasteiger partial charge in [-0.05, 0) is 26.3 Å². The minimum atomic E-state index is -1.24. The number of nitrogens with zero attached hydrogens (tertiary/aromatic N) is 1. The summed E-state index contributed by atoms with van der Waals surface area (Å²) in [5.74, 6) is -0.431. The van der Waals surface area contributed by atoms with Crippen molar-refractivity contribution in [3.8, 4) is 0 Å². The molecule has 2 rings (SSSR count). The number of rotatable bonds is 2. The van der Waals surface area contributed by atoms with Crippen molar-refractivity contribution in [3.63, 3.8) is 0 Å². The molecule has 2 fully saturated rings. The summed E-state index contributed by atoms with van der Waals surface area (Å²) in [6.07, 6.45) is 3.71. The molecule has 2 unspecified atom stereocenters. The number of carbonyl (C=O) groups is 1. The summed E-state index contributed by atoms with van der Waals surface area (Å²) < 4.78 is 4.96. The predicted octanol–water partition coefficient (Wildman–Crippen LogP) is 0.539. The highest BCUT2D eigenvalue weighted by molar-refractivity contribution is 5.80. The summed E-state index contributed by atoms with van der Waals surface area (Å²) in [7, 11) is 0. The smallest absolute Gasteiger partial charge is 0.339 e. The summed E-state index contributed by atoms with van der Waals surface area (Å²) in [6.45, 7) is 3.94. The number of fused-ring (bicyclic) bond motifs is 1. The van der Waals surface area contributed by atoms with Crippen LogP contribution in [0, 0.1) is 0 Å². The van der Waals surface area contributed by atoms with Gasteiger partial charge in [0, 0.05) is 19.0 Å². The fourth-order valence-corrected chi connectivity index (χ4v) is 2.77. The number of hydrogen-bond donors (Lipinski definition) is 1. The zero-order valence-corrected chi connectivity index (χ0v) is 9.24. The molecule has 0 aliphatic carbocycles. The molecule has 4 heteroatoms. The number of hydrogen-bond acceptors (Lipinski definition) is 4. The lowest BCUT2D eigenvalue weighted by molar-refractivity contribution is -0.168. The van der Waals surface area contributed by atoms with Crippen LogP contribution in [0.25, 0.3) is 0 Å². The second-order valence-corrected chi connectivity index (χ2v) is 4.44. The van der Waals surface area contributed by atoms with Crippen molar-refractivity contribution in [1.29, 1.82) is 0 Å². The van der Waals surface area contributed by atoms with Crippen LogP contribution in [-0.2, 0) is 9.53 Å². The van der Waals surface area contributed by atoms with Crippen LogP contribution in [0.1, 0.15) is 32.6 Å². The van der Waals surface area contributed by atoms with E-state index >= 15 is 0 Å². The Kier molecular flexibility index (Phi) is 2.98. The highest BCUT2D eigenvalue weighted by Crippen LogP contribution is 2.35. The topological polar surface area (TPSA) is 49.8 Å². The van der Waals surface area contributed by atoms with Gasteiger partial charge in [-0.15, -0.1) is 0 Å². The molecule has 4 nitrogen and oxygen atoms in total. The third-order valence-corrected chi connectivity index (χ3v) is 3.57. The quantitative estimate of drug-likeness (QED) is 0.680. The Morgan fingerprint density at radius 2 is 2.33 bits per heavy atom. The third kappa shape index (κ3) is 1.76. The van der Waals surface area contributed by atoms with Gasteiger partial charge in [0.15, 0.2) is 5.60 Å². The highest BCUT2D eigenvalue weighted by Gasteiger charge is 2.52. The van der Waals surface area contributed by atoms with Crippen molar-refractivity contribution < 1.29 is 14.6 Å². The van der Waals surface area contributed by atoms with Gasteiger partial charge in [-0.3, -0.25) is 4.90 Å². The van der Waals surface area contributed by atoms with Crippen LogP contribution in [0.4, 0.5) is 0 Å². The van der Waals surface area contributed by atoms with Crippen molar-refractivity contribution in [3.05, 3.63) is 0 Å². The average molecular weight is 213 g/mol. The van der Waals surface area contributed by atoms with Crippen LogP contribution in [0.2, 0.25) is 0 Å². The summed E-state index contributed by atoms with van der Waals surface area (Å²) in [5.41, 5.74) is -1.24. The summed E-state index contributed by atoms with van der Waals surface area (Å²) in [6, 6.07) is -0.00898. The minimum Gasteiger partial charge on any atom is -0.464 e. The lowest BCUT2D eigenvalue weighted by atomic mass is 9.89. The summed E-state index contributed by atoms with van der Waals surface area (Å²) in [4.78, 5) is 13.9. The van der Waals surface area contributed by atoms with Gasteiger partial charge >= 0.3 is 5.97 Å². The molecule has 0 aromatic rings. The maximum Gasteiger partial charge on any atom is 0.339 e. The molecular weight excluding hydrogens is 194 g/mol. The van der Waals surface area contributed by atoms with Crippen LogP contribution >= 0.6 is 0 Å². The Morgan fingerprint density at radius 3 is 3.07 bits per heavy atom. The van der Waals surface area contributed by atoms with E-state index in [2.05, 4.69) is 4.90 Å². The van der Waals surface area contributed by atoms with E-state index in [1.54, 1.807) is 6.92 Å². The number of esters is 1. The van der Waals surface area contributed by atoms with Gasteiger partial charge in [0.05, 0.1) is 6.61 Å². The molecule has 0 spiro atoms. The first kappa shape index (κ1) is 10.9. The Hall–Kier alpha value is -0.610. The molecular formula is C11H19NO3. The molecule has 0 aromatic carbocycles. The summed E-state index contributed by atoms with van der Waals surface area (Å²) >= 11 is 0. The molecule has 0 bridgehead atoms. The largest absolute Gasteiger partial charge is 0.464 e. The average Bonchev–Trinajstić information content (AvgIpc) is 2.59. The van der Waals surface area contributed by atoms with E-state index in [-0.39, 0.29) is 6.04 Å². The Labute approximate surface area is 90.2 Å². The molecule has 2 atom stereocenters. The first-order valence-electron chi connectivity index (χ1n) is 5.82. The number of carbonyl (C=O) groups excluding carboxylic acids is 1. The molecule has 1 N–H and O–H groups in total. The van der Waals surface area contributed by atoms with Crippen molar-refractivity contribution >= 4 is 5.97 Å². The lowest BCUT2D eigenvalue weighted by Crippen LogP contribution is -2.52. The van der Waals surface area contributed by atoms with E-state index in [4.69, 9.17) is 4.74 Å². The van der Waals surface area contributed by atoms with Crippen molar-refractivity contribution in [2.45, 2.75) is 44.2 Å². The van der Waals surface area contributed by atoms with Crippen LogP contribution in [0.5, 0.6) is 0 Å². The summed E-state index contributed by atoms with van der Waals surface area (Å²) in [5, 5.41) is 10.4. The maximum atomic E-state index is 11.7. The van der Waals surface area contributed by atoms with Gasteiger partial charge in [-0.2, -0.15) is 0 Å². The number of ether oxygens (including phenoxy) is 1. The zero-order valence-electron chi connectivity index (χ0n) is 9.24. The van der Waals surface area contributed by atoms with Gasteiger partial charge in [0.2, 0.25) is 0 Å². The van der Waals surface area contributed by atoms with Crippen molar-refractivity contribution in [1.82, 2.24) is 4.90 Å². The zero-order chi connectivity index (χ0) is 10.9. The number of aliphatic hydroxyl groups is 1. The highest BCUT2D eigenvalue weighted by atomic mass is 16.5. The van der Waals surface area contributed by atoms with E-state index in [1.807, 2.05) is 0 Å². The van der Waals surface area contributed by atoms with E-state index in [0.29, 0.717) is 13.0 Å². The molecule has 86 valence electrons. The van der Waals surface area contributed by atoms with Crippen LogP contribution < -0.4 is 0 Å². The molecule has 0 amide bonds. The normalized spacial score (nSPS) is 36.3. The lowest BCUT2D eigenvalue weighted by Gasteiger charge is -2.35. The van der Waals surface area contributed by atoms with E-state index in [1.165, 1.54) is 6.42 Å². The SMILES string of the molecule is CCOC(=O)C1(O)CCN2CCCCC21. The monoisotopic (exact) mass is 213 g/mol. The van der Waals surface area contributed by atoms with Crippen LogP contribution in [-0.4, -0.2) is 47.3 Å². The minimum absolute atomic E-state index is 0.00898. The second kappa shape index (κ2) is 4.10. The molecule has 2 aliphatic rings. The maximum absolute atomic E-state index is 11.7. The van der Waals surface area contributed by atoms with Crippen molar-refractivity contribution in [2.75, 3.05) is 19.7 Å². The van der Waals surface area contributed by atoms with E-state index < -0.39 is 11.6 Å². The molecule has 0 radical (unpaired) electrons. The molecule has 2 heterocycles. The van der Waals surface area contributed by atoms with Crippen molar-refractivity contribution in [2.24, 2.45) is 0 Å². The molecule has 0 aromatic heterocycles. The van der Waals surface area contributed by atoms with Gasteiger partial charge in [-0.25, -0.2) is 4.79 Å². The molecule has 2 aliphatic heterocycles. The molecule has 2 saturated heterocycles. The Morgan fingerprint density at radius 1 is 1.53 bits per heavy atom. The first-order chi connectivity index (χ1) is 7.18. The van der Waals surface area contributed by atoms with E-state index in [0.717, 1.165) is 25.9 Å². The predicted molar refractivity (Wildman–Crippen MR) is 55.4 cm³/mol. The van der Waals surface area contributed by atoms with Crippen LogP contribution in [0.15, 0.2) is 0 Å². The second-order valence-electron chi connectivity index (χ2n) is 4.44. The fourth-order valence-electron chi connectivity index (χ4n) is 2.77. The standard InChI is InChI=1S/C11H19NO3/c1-2-15-10(13)11(14)6-8-12-7-4-3-5-9(11)12/h9,14H,2-8H2,1H3. The van der Waals surface area contributed by atoms with Gasteiger partial charge in [0.1, 0.15) is 0 Å².